The Morgan fingerprint density at radius 2 is 1.68 bits per heavy atom. The van der Waals surface area contributed by atoms with Crippen LogP contribution < -0.4 is 0 Å². The lowest BCUT2D eigenvalue weighted by molar-refractivity contribution is -0.305. The number of piperidine rings is 1. The van der Waals surface area contributed by atoms with E-state index in [2.05, 4.69) is 27.7 Å². The van der Waals surface area contributed by atoms with Crippen molar-refractivity contribution in [2.24, 2.45) is 0 Å². The molecule has 5 heteroatoms. The first kappa shape index (κ1) is 19.9. The van der Waals surface area contributed by atoms with Crippen molar-refractivity contribution in [3.8, 4) is 0 Å². The van der Waals surface area contributed by atoms with E-state index in [0.717, 1.165) is 0 Å². The monoisotopic (exact) mass is 349 g/mol. The van der Waals surface area contributed by atoms with Gasteiger partial charge in [0, 0.05) is 23.9 Å². The number of carbonyl (C=O) groups is 1. The molecule has 1 aromatic rings. The molecule has 0 aromatic heterocycles. The van der Waals surface area contributed by atoms with E-state index in [-0.39, 0.29) is 29.8 Å². The summed E-state index contributed by atoms with van der Waals surface area (Å²) in [4.78, 5) is 18.3. The zero-order valence-corrected chi connectivity index (χ0v) is 16.2. The van der Waals surface area contributed by atoms with E-state index in [9.17, 15) is 9.90 Å². The molecule has 0 aliphatic carbocycles. The SMILES string of the molecule is CC(C)(O)CON1C(C)(C)CC(OC(=O)c2ccccc2)CC1(C)C. The van der Waals surface area contributed by atoms with Gasteiger partial charge in [-0.05, 0) is 53.7 Å². The molecule has 1 aliphatic rings. The maximum absolute atomic E-state index is 12.4. The summed E-state index contributed by atoms with van der Waals surface area (Å²) in [5, 5.41) is 11.9. The fourth-order valence-corrected chi connectivity index (χ4v) is 3.62. The Hall–Kier alpha value is -1.43. The average molecular weight is 349 g/mol. The van der Waals surface area contributed by atoms with Gasteiger partial charge in [-0.15, -0.1) is 0 Å². The van der Waals surface area contributed by atoms with Crippen LogP contribution in [-0.2, 0) is 9.57 Å². The van der Waals surface area contributed by atoms with E-state index < -0.39 is 5.60 Å². The molecular weight excluding hydrogens is 318 g/mol. The van der Waals surface area contributed by atoms with Crippen molar-refractivity contribution >= 4 is 5.97 Å². The second-order valence-corrected chi connectivity index (χ2v) is 8.81. The number of carbonyl (C=O) groups excluding carboxylic acids is 1. The van der Waals surface area contributed by atoms with E-state index in [4.69, 9.17) is 9.57 Å². The molecule has 0 saturated carbocycles. The normalized spacial score (nSPS) is 21.1. The second-order valence-electron chi connectivity index (χ2n) is 8.81. The van der Waals surface area contributed by atoms with Crippen LogP contribution in [0.25, 0.3) is 0 Å². The smallest absolute Gasteiger partial charge is 0.338 e. The number of aliphatic hydroxyl groups is 1. The summed E-state index contributed by atoms with van der Waals surface area (Å²) in [5.41, 5.74) is -0.981. The van der Waals surface area contributed by atoms with Gasteiger partial charge in [-0.2, -0.15) is 5.06 Å². The molecule has 1 N–H and O–H groups in total. The maximum Gasteiger partial charge on any atom is 0.338 e. The highest BCUT2D eigenvalue weighted by atomic mass is 16.7. The lowest BCUT2D eigenvalue weighted by Crippen LogP contribution is -2.62. The van der Waals surface area contributed by atoms with Crippen molar-refractivity contribution in [1.82, 2.24) is 5.06 Å². The summed E-state index contributed by atoms with van der Waals surface area (Å²) >= 11 is 0. The van der Waals surface area contributed by atoms with Gasteiger partial charge < -0.3 is 9.84 Å². The van der Waals surface area contributed by atoms with E-state index in [0.29, 0.717) is 18.4 Å². The minimum Gasteiger partial charge on any atom is -0.459 e. The highest BCUT2D eigenvalue weighted by Crippen LogP contribution is 2.40. The van der Waals surface area contributed by atoms with Crippen LogP contribution in [0.4, 0.5) is 0 Å². The van der Waals surface area contributed by atoms with E-state index in [1.54, 1.807) is 26.0 Å². The molecule has 140 valence electrons. The number of ether oxygens (including phenoxy) is 1. The molecule has 0 bridgehead atoms. The summed E-state index contributed by atoms with van der Waals surface area (Å²) in [6.07, 6.45) is 1.15. The number of esters is 1. The third-order valence-electron chi connectivity index (χ3n) is 4.38. The van der Waals surface area contributed by atoms with Gasteiger partial charge in [0.25, 0.3) is 0 Å². The van der Waals surface area contributed by atoms with Gasteiger partial charge in [0.1, 0.15) is 6.10 Å². The van der Waals surface area contributed by atoms with Crippen molar-refractivity contribution in [2.45, 2.75) is 77.2 Å². The van der Waals surface area contributed by atoms with Gasteiger partial charge in [0.15, 0.2) is 0 Å². The first-order chi connectivity index (χ1) is 11.4. The second kappa shape index (κ2) is 7.06. The predicted octanol–water partition coefficient (Wildman–Crippen LogP) is 3.57. The average Bonchev–Trinajstić information content (AvgIpc) is 2.44. The Morgan fingerprint density at radius 3 is 2.16 bits per heavy atom. The third kappa shape index (κ3) is 5.27. The van der Waals surface area contributed by atoms with Crippen LogP contribution in [0, 0.1) is 0 Å². The number of hydrogen-bond acceptors (Lipinski definition) is 5. The Labute approximate surface area is 150 Å². The van der Waals surface area contributed by atoms with Crippen LogP contribution >= 0.6 is 0 Å². The molecule has 1 aliphatic heterocycles. The van der Waals surface area contributed by atoms with E-state index >= 15 is 0 Å². The van der Waals surface area contributed by atoms with E-state index in [1.807, 2.05) is 23.3 Å². The molecule has 0 radical (unpaired) electrons. The van der Waals surface area contributed by atoms with Crippen LogP contribution in [0.15, 0.2) is 30.3 Å². The van der Waals surface area contributed by atoms with Crippen molar-refractivity contribution < 1.29 is 19.5 Å². The predicted molar refractivity (Wildman–Crippen MR) is 97.1 cm³/mol. The van der Waals surface area contributed by atoms with Crippen LogP contribution in [0.3, 0.4) is 0 Å². The molecule has 2 rings (SSSR count). The molecule has 1 aromatic carbocycles. The van der Waals surface area contributed by atoms with Gasteiger partial charge >= 0.3 is 5.97 Å². The summed E-state index contributed by atoms with van der Waals surface area (Å²) in [7, 11) is 0. The van der Waals surface area contributed by atoms with E-state index in [1.165, 1.54) is 0 Å². The van der Waals surface area contributed by atoms with Crippen LogP contribution in [0.5, 0.6) is 0 Å². The quantitative estimate of drug-likeness (QED) is 0.824. The maximum atomic E-state index is 12.4. The van der Waals surface area contributed by atoms with Crippen molar-refractivity contribution in [3.05, 3.63) is 35.9 Å². The van der Waals surface area contributed by atoms with Crippen molar-refractivity contribution in [3.63, 3.8) is 0 Å². The Morgan fingerprint density at radius 1 is 1.16 bits per heavy atom. The summed E-state index contributed by atoms with van der Waals surface area (Å²) < 4.78 is 5.77. The number of nitrogens with zero attached hydrogens (tertiary/aromatic N) is 1. The van der Waals surface area contributed by atoms with Gasteiger partial charge in [-0.25, -0.2) is 4.79 Å². The molecule has 1 heterocycles. The Balaban J connectivity index is 2.08. The molecule has 1 saturated heterocycles. The molecule has 0 atom stereocenters. The van der Waals surface area contributed by atoms with Crippen LogP contribution in [0.1, 0.15) is 64.7 Å². The number of rotatable bonds is 5. The molecule has 25 heavy (non-hydrogen) atoms. The van der Waals surface area contributed by atoms with Gasteiger partial charge in [-0.1, -0.05) is 18.2 Å². The molecule has 1 fully saturated rings. The Bertz CT molecular complexity index is 571. The topological polar surface area (TPSA) is 59.0 Å². The number of benzene rings is 1. The van der Waals surface area contributed by atoms with Crippen LogP contribution in [0.2, 0.25) is 0 Å². The van der Waals surface area contributed by atoms with Crippen molar-refractivity contribution in [2.75, 3.05) is 6.61 Å². The van der Waals surface area contributed by atoms with Crippen LogP contribution in [-0.4, -0.2) is 45.5 Å². The highest BCUT2D eigenvalue weighted by Gasteiger charge is 2.48. The fourth-order valence-electron chi connectivity index (χ4n) is 3.62. The molecule has 5 nitrogen and oxygen atoms in total. The standard InChI is InChI=1S/C20H31NO4/c1-18(2)12-16(25-17(22)15-10-8-7-9-11-15)13-19(3,4)21(18)24-14-20(5,6)23/h7-11,16,23H,12-14H2,1-6H3. The molecule has 0 spiro atoms. The first-order valence-electron chi connectivity index (χ1n) is 8.82. The zero-order chi connectivity index (χ0) is 18.9. The minimum absolute atomic E-state index is 0.181. The lowest BCUT2D eigenvalue weighted by atomic mass is 9.80. The van der Waals surface area contributed by atoms with Gasteiger partial charge in [0.2, 0.25) is 0 Å². The number of hydroxylamine groups is 2. The summed E-state index contributed by atoms with van der Waals surface area (Å²) in [5.74, 6) is -0.289. The Kier molecular flexibility index (Phi) is 5.62. The molecule has 0 amide bonds. The molecular formula is C20H31NO4. The summed E-state index contributed by atoms with van der Waals surface area (Å²) in [6.45, 7) is 11.9. The third-order valence-corrected chi connectivity index (χ3v) is 4.38. The van der Waals surface area contributed by atoms with Crippen molar-refractivity contribution in [1.29, 1.82) is 0 Å². The zero-order valence-electron chi connectivity index (χ0n) is 16.2. The first-order valence-corrected chi connectivity index (χ1v) is 8.82. The van der Waals surface area contributed by atoms with Gasteiger partial charge in [0.05, 0.1) is 17.8 Å². The highest BCUT2D eigenvalue weighted by molar-refractivity contribution is 5.89. The number of hydrogen-bond donors (Lipinski definition) is 1. The summed E-state index contributed by atoms with van der Waals surface area (Å²) in [6, 6.07) is 9.07. The molecule has 0 unspecified atom stereocenters. The lowest BCUT2D eigenvalue weighted by Gasteiger charge is -2.53. The van der Waals surface area contributed by atoms with Gasteiger partial charge in [-0.3, -0.25) is 4.84 Å². The largest absolute Gasteiger partial charge is 0.459 e. The minimum atomic E-state index is -0.900. The fraction of sp³-hybridized carbons (Fsp3) is 0.650.